The Morgan fingerprint density at radius 3 is 0.955 bits per heavy atom. The van der Waals surface area contributed by atoms with Gasteiger partial charge in [-0.1, -0.05) is 74.5 Å². The molecule has 16 heteroatoms. The first-order chi connectivity index (χ1) is 32.6. The lowest BCUT2D eigenvalue weighted by atomic mass is 10.1. The van der Waals surface area contributed by atoms with Crippen molar-refractivity contribution < 1.29 is 75.9 Å². The second kappa shape index (κ2) is 31.3. The van der Waals surface area contributed by atoms with E-state index in [-0.39, 0.29) is 90.4 Å². The second-order valence-electron chi connectivity index (χ2n) is 14.5. The second-order valence-corrected chi connectivity index (χ2v) is 14.5. The fourth-order valence-electron chi connectivity index (χ4n) is 6.04. The van der Waals surface area contributed by atoms with Gasteiger partial charge < -0.3 is 66.3 Å². The van der Waals surface area contributed by atoms with E-state index >= 15 is 0 Å². The normalized spacial score (nSPS) is 15.7. The third-order valence-electron chi connectivity index (χ3n) is 9.27. The number of esters is 2. The van der Waals surface area contributed by atoms with Crippen LogP contribution >= 0.6 is 0 Å². The maximum absolute atomic E-state index is 13.0. The van der Waals surface area contributed by atoms with Gasteiger partial charge in [0, 0.05) is 0 Å². The van der Waals surface area contributed by atoms with Crippen LogP contribution in [0.2, 0.25) is 0 Å². The third-order valence-corrected chi connectivity index (χ3v) is 9.27. The first-order valence-electron chi connectivity index (χ1n) is 22.6. The van der Waals surface area contributed by atoms with Crippen LogP contribution < -0.4 is 28.4 Å². The van der Waals surface area contributed by atoms with Gasteiger partial charge in [-0.25, -0.2) is 9.59 Å². The lowest BCUT2D eigenvalue weighted by Crippen LogP contribution is -2.16. The topological polar surface area (TPSA) is 163 Å². The molecule has 66 heavy (non-hydrogen) atoms. The van der Waals surface area contributed by atoms with Crippen LogP contribution in [0.5, 0.6) is 34.5 Å². The van der Waals surface area contributed by atoms with Crippen LogP contribution in [0.3, 0.4) is 0 Å². The van der Waals surface area contributed by atoms with Crippen LogP contribution in [-0.2, 0) is 51.1 Å². The monoisotopic (exact) mass is 920 g/mol. The molecule has 4 aromatic rings. The number of fused-ring (bicyclic) bond motifs is 4. The highest BCUT2D eigenvalue weighted by Crippen LogP contribution is 2.41. The summed E-state index contributed by atoms with van der Waals surface area (Å²) in [5.41, 5.74) is 2.39. The summed E-state index contributed by atoms with van der Waals surface area (Å²) in [5.74, 6) is 0.878. The van der Waals surface area contributed by atoms with Crippen molar-refractivity contribution in [2.45, 2.75) is 39.9 Å². The van der Waals surface area contributed by atoms with Crippen molar-refractivity contribution in [3.8, 4) is 34.5 Å². The smallest absolute Gasteiger partial charge is 0.338 e. The molecular weight excluding hydrogens is 857 g/mol. The van der Waals surface area contributed by atoms with Crippen LogP contribution in [0.25, 0.3) is 0 Å². The minimum Gasteiger partial charge on any atom is -0.487 e. The van der Waals surface area contributed by atoms with Crippen LogP contribution in [-0.4, -0.2) is 131 Å². The average Bonchev–Trinajstić information content (AvgIpc) is 3.34. The Kier molecular flexibility index (Phi) is 24.4. The molecule has 5 rings (SSSR count). The largest absolute Gasteiger partial charge is 0.487 e. The summed E-state index contributed by atoms with van der Waals surface area (Å²) in [6.45, 7) is 8.97. The molecule has 0 unspecified atom stereocenters. The van der Waals surface area contributed by atoms with Gasteiger partial charge in [-0.2, -0.15) is 0 Å². The fraction of sp³-hybridized carbons (Fsp3) is 0.480. The number of hydrogen-bond donors (Lipinski definition) is 0. The zero-order valence-electron chi connectivity index (χ0n) is 38.2. The molecule has 1 heterocycles. The Bertz CT molecular complexity index is 1750. The van der Waals surface area contributed by atoms with Crippen LogP contribution in [0.4, 0.5) is 0 Å². The molecule has 360 valence electrons. The summed E-state index contributed by atoms with van der Waals surface area (Å²) in [4.78, 5) is 26.1. The molecule has 4 aromatic carbocycles. The van der Waals surface area contributed by atoms with Gasteiger partial charge >= 0.3 is 11.9 Å². The van der Waals surface area contributed by atoms with Crippen LogP contribution in [0.15, 0.2) is 84.9 Å². The van der Waals surface area contributed by atoms with Crippen molar-refractivity contribution in [3.05, 3.63) is 107 Å². The number of rotatable bonds is 12. The van der Waals surface area contributed by atoms with Crippen molar-refractivity contribution in [2.24, 2.45) is 0 Å². The van der Waals surface area contributed by atoms with Crippen LogP contribution in [0.1, 0.15) is 58.5 Å². The molecule has 0 atom stereocenters. The Balaban J connectivity index is 1.22. The van der Waals surface area contributed by atoms with Gasteiger partial charge in [0.2, 0.25) is 11.5 Å². The molecule has 4 bridgehead atoms. The van der Waals surface area contributed by atoms with E-state index in [0.717, 1.165) is 11.1 Å². The SMILES string of the molecule is CCCOC(=O)c1cc2c(OCc3ccccc3)c(c1)OCCOCCOCCOCCOc1cc(C(=O)OCCC)cc(c1OCc1ccccc1)OCCOCCOCCOCCO2. The lowest BCUT2D eigenvalue weighted by molar-refractivity contribution is 0.00374. The van der Waals surface area contributed by atoms with Gasteiger partial charge in [-0.3, -0.25) is 0 Å². The van der Waals surface area contributed by atoms with Gasteiger partial charge in [0.25, 0.3) is 0 Å². The Morgan fingerprint density at radius 1 is 0.409 bits per heavy atom. The molecule has 0 saturated carbocycles. The minimum atomic E-state index is -0.507. The van der Waals surface area contributed by atoms with Gasteiger partial charge in [-0.05, 0) is 48.2 Å². The first-order valence-corrected chi connectivity index (χ1v) is 22.6. The lowest BCUT2D eigenvalue weighted by Gasteiger charge is -2.19. The number of benzene rings is 4. The molecule has 16 nitrogen and oxygen atoms in total. The summed E-state index contributed by atoms with van der Waals surface area (Å²) in [5, 5.41) is 0. The Labute approximate surface area is 387 Å². The molecule has 0 aromatic heterocycles. The summed E-state index contributed by atoms with van der Waals surface area (Å²) in [6, 6.07) is 25.7. The van der Waals surface area contributed by atoms with Crippen molar-refractivity contribution in [1.82, 2.24) is 0 Å². The van der Waals surface area contributed by atoms with Gasteiger partial charge in [0.05, 0.1) is 104 Å². The van der Waals surface area contributed by atoms with E-state index in [2.05, 4.69) is 0 Å². The maximum atomic E-state index is 13.0. The maximum Gasteiger partial charge on any atom is 0.338 e. The predicted octanol–water partition coefficient (Wildman–Crippen LogP) is 7.31. The number of carbonyl (C=O) groups is 2. The summed E-state index contributed by atoms with van der Waals surface area (Å²) in [6.07, 6.45) is 1.35. The van der Waals surface area contributed by atoms with Crippen molar-refractivity contribution >= 4 is 11.9 Å². The zero-order chi connectivity index (χ0) is 46.3. The third kappa shape index (κ3) is 19.1. The van der Waals surface area contributed by atoms with Crippen LogP contribution in [0, 0.1) is 0 Å². The molecule has 0 spiro atoms. The quantitative estimate of drug-likeness (QED) is 0.130. The molecule has 0 amide bonds. The highest BCUT2D eigenvalue weighted by Gasteiger charge is 2.22. The number of ether oxygens (including phenoxy) is 14. The summed E-state index contributed by atoms with van der Waals surface area (Å²) < 4.78 is 82.6. The highest BCUT2D eigenvalue weighted by atomic mass is 16.6. The number of carbonyl (C=O) groups excluding carboxylic acids is 2. The van der Waals surface area contributed by atoms with E-state index in [1.54, 1.807) is 24.3 Å². The summed E-state index contributed by atoms with van der Waals surface area (Å²) in [7, 11) is 0. The molecule has 0 radical (unpaired) electrons. The van der Waals surface area contributed by atoms with Gasteiger partial charge in [0.1, 0.15) is 39.6 Å². The van der Waals surface area contributed by atoms with Gasteiger partial charge in [-0.15, -0.1) is 0 Å². The predicted molar refractivity (Wildman–Crippen MR) is 242 cm³/mol. The fourth-order valence-corrected chi connectivity index (χ4v) is 6.04. The van der Waals surface area contributed by atoms with E-state index < -0.39 is 11.9 Å². The van der Waals surface area contributed by atoms with Crippen molar-refractivity contribution in [2.75, 3.05) is 119 Å². The molecule has 0 fully saturated rings. The van der Waals surface area contributed by atoms with E-state index in [4.69, 9.17) is 66.3 Å². The zero-order valence-corrected chi connectivity index (χ0v) is 38.2. The molecule has 1 aliphatic rings. The minimum absolute atomic E-state index is 0.154. The highest BCUT2D eigenvalue weighted by molar-refractivity contribution is 5.92. The van der Waals surface area contributed by atoms with Gasteiger partial charge in [0.15, 0.2) is 23.0 Å². The average molecular weight is 921 g/mol. The van der Waals surface area contributed by atoms with Crippen molar-refractivity contribution in [1.29, 1.82) is 0 Å². The number of hydrogen-bond acceptors (Lipinski definition) is 16. The molecule has 1 aliphatic heterocycles. The molecular formula is C50H64O16. The Hall–Kier alpha value is -5.62. The summed E-state index contributed by atoms with van der Waals surface area (Å²) >= 11 is 0. The van der Waals surface area contributed by atoms with E-state index in [9.17, 15) is 9.59 Å². The van der Waals surface area contributed by atoms with E-state index in [1.165, 1.54) is 0 Å². The molecule has 0 saturated heterocycles. The standard InChI is InChI=1S/C50H64O16/c1-3-15-63-49(51)41-33-43-47(65-37-39-11-7-5-8-12-39)44(34-41)60-30-26-56-22-18-54-20-24-58-28-32-62-46-36-42(50(52)64-16-4-2)35-45(48(46)66-38-40-13-9-6-10-14-40)61-31-27-57-23-19-53-17-21-55-25-29-59-43/h5-14,33-36H,3-4,15-32,37-38H2,1-2H3. The van der Waals surface area contributed by atoms with Crippen molar-refractivity contribution in [3.63, 3.8) is 0 Å². The van der Waals surface area contributed by atoms with E-state index in [1.807, 2.05) is 74.5 Å². The molecule has 0 aliphatic carbocycles. The molecule has 0 N–H and O–H groups in total. The van der Waals surface area contributed by atoms with E-state index in [0.29, 0.717) is 100 Å². The Morgan fingerprint density at radius 2 is 0.682 bits per heavy atom. The first kappa shape index (κ1) is 51.4.